The molecule has 0 aromatic heterocycles. The van der Waals surface area contributed by atoms with Gasteiger partial charge in [0.1, 0.15) is 0 Å². The molecule has 2 aromatic rings. The van der Waals surface area contributed by atoms with Crippen molar-refractivity contribution in [1.29, 1.82) is 0 Å². The highest BCUT2D eigenvalue weighted by molar-refractivity contribution is 6.31. The zero-order chi connectivity index (χ0) is 17.8. The van der Waals surface area contributed by atoms with Crippen molar-refractivity contribution < 1.29 is 4.79 Å². The van der Waals surface area contributed by atoms with Crippen LogP contribution in [0.2, 0.25) is 5.02 Å². The van der Waals surface area contributed by atoms with E-state index < -0.39 is 0 Å². The molecular formula is C20H24ClN3O. The van der Waals surface area contributed by atoms with Crippen LogP contribution in [0.25, 0.3) is 0 Å². The largest absolute Gasteiger partial charge is 0.322 e. The lowest BCUT2D eigenvalue weighted by atomic mass is 10.1. The zero-order valence-electron chi connectivity index (χ0n) is 14.8. The summed E-state index contributed by atoms with van der Waals surface area (Å²) in [5.41, 5.74) is 4.31. The number of aryl methyl sites for hydroxylation is 2. The molecule has 0 bridgehead atoms. The van der Waals surface area contributed by atoms with Crippen LogP contribution < -0.4 is 5.32 Å². The van der Waals surface area contributed by atoms with Crippen LogP contribution in [-0.2, 0) is 6.54 Å². The number of anilines is 1. The fourth-order valence-corrected chi connectivity index (χ4v) is 3.32. The maximum absolute atomic E-state index is 12.5. The third-order valence-electron chi connectivity index (χ3n) is 4.63. The monoisotopic (exact) mass is 357 g/mol. The Kier molecular flexibility index (Phi) is 5.61. The third kappa shape index (κ3) is 4.53. The SMILES string of the molecule is Cc1ccc(NC(=O)N2CCN(Cc3ccccc3Cl)CC2)c(C)c1. The Balaban J connectivity index is 1.53. The van der Waals surface area contributed by atoms with Gasteiger partial charge < -0.3 is 10.2 Å². The van der Waals surface area contributed by atoms with E-state index in [0.717, 1.165) is 54.6 Å². The summed E-state index contributed by atoms with van der Waals surface area (Å²) in [5.74, 6) is 0. The quantitative estimate of drug-likeness (QED) is 0.888. The van der Waals surface area contributed by atoms with Crippen LogP contribution in [0, 0.1) is 13.8 Å². The molecule has 1 fully saturated rings. The van der Waals surface area contributed by atoms with Crippen molar-refractivity contribution in [3.8, 4) is 0 Å². The average Bonchev–Trinajstić information content (AvgIpc) is 2.60. The number of carbonyl (C=O) groups is 1. The van der Waals surface area contributed by atoms with Gasteiger partial charge in [0, 0.05) is 43.4 Å². The molecule has 0 spiro atoms. The molecule has 4 nitrogen and oxygen atoms in total. The maximum Gasteiger partial charge on any atom is 0.321 e. The highest BCUT2D eigenvalue weighted by Gasteiger charge is 2.21. The van der Waals surface area contributed by atoms with E-state index in [1.165, 1.54) is 5.56 Å². The van der Waals surface area contributed by atoms with Crippen LogP contribution in [0.1, 0.15) is 16.7 Å². The predicted octanol–water partition coefficient (Wildman–Crippen LogP) is 4.31. The molecule has 1 saturated heterocycles. The number of urea groups is 1. The summed E-state index contributed by atoms with van der Waals surface area (Å²) in [6.45, 7) is 8.05. The first-order chi connectivity index (χ1) is 12.0. The number of nitrogens with one attached hydrogen (secondary N) is 1. The van der Waals surface area contributed by atoms with Gasteiger partial charge in [0.15, 0.2) is 0 Å². The molecule has 0 atom stereocenters. The Morgan fingerprint density at radius 1 is 1.08 bits per heavy atom. The smallest absolute Gasteiger partial charge is 0.321 e. The number of nitrogens with zero attached hydrogens (tertiary/aromatic N) is 2. The first-order valence-electron chi connectivity index (χ1n) is 8.62. The standard InChI is InChI=1S/C20H24ClN3O/c1-15-7-8-19(16(2)13-15)22-20(25)24-11-9-23(10-12-24)14-17-5-3-4-6-18(17)21/h3-8,13H,9-12,14H2,1-2H3,(H,22,25). The average molecular weight is 358 g/mol. The van der Waals surface area contributed by atoms with Gasteiger partial charge in [-0.1, -0.05) is 47.5 Å². The van der Waals surface area contributed by atoms with Gasteiger partial charge in [-0.25, -0.2) is 4.79 Å². The van der Waals surface area contributed by atoms with E-state index in [2.05, 4.69) is 29.3 Å². The first kappa shape index (κ1) is 17.8. The van der Waals surface area contributed by atoms with Crippen LogP contribution >= 0.6 is 11.6 Å². The second kappa shape index (κ2) is 7.89. The van der Waals surface area contributed by atoms with Gasteiger partial charge in [-0.05, 0) is 37.1 Å². The Bertz CT molecular complexity index is 754. The maximum atomic E-state index is 12.5. The summed E-state index contributed by atoms with van der Waals surface area (Å²) >= 11 is 6.24. The molecule has 0 radical (unpaired) electrons. The fraction of sp³-hybridized carbons (Fsp3) is 0.350. The van der Waals surface area contributed by atoms with Crippen LogP contribution in [0.5, 0.6) is 0 Å². The zero-order valence-corrected chi connectivity index (χ0v) is 15.5. The summed E-state index contributed by atoms with van der Waals surface area (Å²) in [6.07, 6.45) is 0. The van der Waals surface area contributed by atoms with Crippen LogP contribution in [0.4, 0.5) is 10.5 Å². The number of rotatable bonds is 3. The number of benzene rings is 2. The summed E-state index contributed by atoms with van der Waals surface area (Å²) in [4.78, 5) is 16.7. The van der Waals surface area contributed by atoms with E-state index in [0.29, 0.717) is 0 Å². The number of amides is 2. The van der Waals surface area contributed by atoms with E-state index in [9.17, 15) is 4.79 Å². The molecule has 1 N–H and O–H groups in total. The molecule has 25 heavy (non-hydrogen) atoms. The minimum absolute atomic E-state index is 0.0238. The second-order valence-electron chi connectivity index (χ2n) is 6.60. The third-order valence-corrected chi connectivity index (χ3v) is 5.00. The van der Waals surface area contributed by atoms with Gasteiger partial charge in [-0.2, -0.15) is 0 Å². The molecule has 0 aliphatic carbocycles. The predicted molar refractivity (Wildman–Crippen MR) is 103 cm³/mol. The minimum atomic E-state index is -0.0238. The molecule has 1 heterocycles. The van der Waals surface area contributed by atoms with Gasteiger partial charge in [0.25, 0.3) is 0 Å². The summed E-state index contributed by atoms with van der Waals surface area (Å²) in [7, 11) is 0. The molecule has 2 amide bonds. The number of hydrogen-bond acceptors (Lipinski definition) is 2. The Morgan fingerprint density at radius 2 is 1.80 bits per heavy atom. The van der Waals surface area contributed by atoms with Gasteiger partial charge in [0.2, 0.25) is 0 Å². The lowest BCUT2D eigenvalue weighted by Crippen LogP contribution is -2.49. The van der Waals surface area contributed by atoms with Crippen molar-refractivity contribution in [3.63, 3.8) is 0 Å². The summed E-state index contributed by atoms with van der Waals surface area (Å²) in [6, 6.07) is 14.0. The Morgan fingerprint density at radius 3 is 2.48 bits per heavy atom. The Labute approximate surface area is 154 Å². The lowest BCUT2D eigenvalue weighted by molar-refractivity contribution is 0.143. The van der Waals surface area contributed by atoms with Crippen molar-refractivity contribution in [2.75, 3.05) is 31.5 Å². The summed E-state index contributed by atoms with van der Waals surface area (Å²) in [5, 5.41) is 3.83. The van der Waals surface area contributed by atoms with E-state index in [-0.39, 0.29) is 6.03 Å². The Hall–Kier alpha value is -2.04. The summed E-state index contributed by atoms with van der Waals surface area (Å²) < 4.78 is 0. The molecule has 132 valence electrons. The molecular weight excluding hydrogens is 334 g/mol. The molecule has 1 aliphatic rings. The van der Waals surface area contributed by atoms with Crippen LogP contribution in [0.3, 0.4) is 0 Å². The van der Waals surface area contributed by atoms with E-state index >= 15 is 0 Å². The second-order valence-corrected chi connectivity index (χ2v) is 7.01. The number of piperazine rings is 1. The molecule has 1 aliphatic heterocycles. The van der Waals surface area contributed by atoms with Crippen molar-refractivity contribution in [3.05, 3.63) is 64.2 Å². The number of carbonyl (C=O) groups excluding carboxylic acids is 1. The fourth-order valence-electron chi connectivity index (χ4n) is 3.12. The molecule has 0 unspecified atom stereocenters. The molecule has 5 heteroatoms. The van der Waals surface area contributed by atoms with Gasteiger partial charge in [-0.15, -0.1) is 0 Å². The van der Waals surface area contributed by atoms with Crippen LogP contribution in [-0.4, -0.2) is 42.0 Å². The van der Waals surface area contributed by atoms with E-state index in [1.54, 1.807) is 0 Å². The van der Waals surface area contributed by atoms with Crippen LogP contribution in [0.15, 0.2) is 42.5 Å². The lowest BCUT2D eigenvalue weighted by Gasteiger charge is -2.35. The highest BCUT2D eigenvalue weighted by atomic mass is 35.5. The topological polar surface area (TPSA) is 35.6 Å². The van der Waals surface area contributed by atoms with Gasteiger partial charge >= 0.3 is 6.03 Å². The van der Waals surface area contributed by atoms with Crippen molar-refractivity contribution >= 4 is 23.3 Å². The van der Waals surface area contributed by atoms with Crippen molar-refractivity contribution in [2.45, 2.75) is 20.4 Å². The van der Waals surface area contributed by atoms with Gasteiger partial charge in [0.05, 0.1) is 0 Å². The van der Waals surface area contributed by atoms with E-state index in [4.69, 9.17) is 11.6 Å². The molecule has 3 rings (SSSR count). The molecule has 2 aromatic carbocycles. The van der Waals surface area contributed by atoms with E-state index in [1.807, 2.05) is 42.2 Å². The highest BCUT2D eigenvalue weighted by Crippen LogP contribution is 2.19. The number of halogens is 1. The normalized spacial score (nSPS) is 15.2. The number of hydrogen-bond donors (Lipinski definition) is 1. The minimum Gasteiger partial charge on any atom is -0.322 e. The van der Waals surface area contributed by atoms with Gasteiger partial charge in [-0.3, -0.25) is 4.90 Å². The molecule has 0 saturated carbocycles. The van der Waals surface area contributed by atoms with Crippen molar-refractivity contribution in [1.82, 2.24) is 9.80 Å². The first-order valence-corrected chi connectivity index (χ1v) is 8.99. The van der Waals surface area contributed by atoms with Crippen molar-refractivity contribution in [2.24, 2.45) is 0 Å².